The highest BCUT2D eigenvalue weighted by molar-refractivity contribution is 8.00. The van der Waals surface area contributed by atoms with Gasteiger partial charge < -0.3 is 10.1 Å². The minimum atomic E-state index is -0.453. The number of aromatic nitrogens is 2. The van der Waals surface area contributed by atoms with Crippen molar-refractivity contribution in [1.82, 2.24) is 15.3 Å². The molecule has 0 spiro atoms. The number of hydrogen-bond acceptors (Lipinski definition) is 7. The molecule has 1 aromatic carbocycles. The Bertz CT molecular complexity index is 957. The molecule has 0 fully saturated rings. The van der Waals surface area contributed by atoms with Gasteiger partial charge in [-0.25, -0.2) is 9.97 Å². The number of rotatable bonds is 7. The lowest BCUT2D eigenvalue weighted by atomic mass is 10.2. The van der Waals surface area contributed by atoms with Gasteiger partial charge in [0, 0.05) is 16.8 Å². The minimum Gasteiger partial charge on any atom is -0.455 e. The molecule has 0 aliphatic heterocycles. The molecule has 0 saturated carbocycles. The molecule has 27 heavy (non-hydrogen) atoms. The summed E-state index contributed by atoms with van der Waals surface area (Å²) in [4.78, 5) is 34.4. The van der Waals surface area contributed by atoms with E-state index in [9.17, 15) is 9.59 Å². The van der Waals surface area contributed by atoms with Gasteiger partial charge in [0.1, 0.15) is 16.2 Å². The minimum absolute atomic E-state index is 0.0897. The lowest BCUT2D eigenvalue weighted by molar-refractivity contribution is -0.145. The first kappa shape index (κ1) is 19.3. The molecule has 3 rings (SSSR count). The summed E-state index contributed by atoms with van der Waals surface area (Å²) in [6, 6.07) is 9.55. The number of nitrogens with one attached hydrogen (secondary N) is 1. The zero-order valence-electron chi connectivity index (χ0n) is 15.0. The van der Waals surface area contributed by atoms with Crippen LogP contribution < -0.4 is 5.32 Å². The number of fused-ring (bicyclic) bond motifs is 1. The number of nitrogens with zero attached hydrogens (tertiary/aromatic N) is 2. The first-order chi connectivity index (χ1) is 13.0. The van der Waals surface area contributed by atoms with Crippen LogP contribution in [0.2, 0.25) is 0 Å². The summed E-state index contributed by atoms with van der Waals surface area (Å²) in [6.45, 7) is 4.18. The van der Waals surface area contributed by atoms with E-state index in [0.717, 1.165) is 26.4 Å². The van der Waals surface area contributed by atoms with E-state index in [0.29, 0.717) is 6.54 Å². The summed E-state index contributed by atoms with van der Waals surface area (Å²) in [5.41, 5.74) is 2.12. The Kier molecular flexibility index (Phi) is 6.41. The van der Waals surface area contributed by atoms with Gasteiger partial charge in [-0.1, -0.05) is 42.1 Å². The number of thioether (sulfide) groups is 1. The quantitative estimate of drug-likeness (QED) is 0.372. The molecule has 3 aromatic rings. The SMILES string of the molecule is Cc1sc2ncnc(SCC(=O)OCC(=O)NCc3ccccc3)c2c1C. The normalized spacial score (nSPS) is 10.7. The van der Waals surface area contributed by atoms with Crippen molar-refractivity contribution < 1.29 is 14.3 Å². The van der Waals surface area contributed by atoms with Gasteiger partial charge >= 0.3 is 5.97 Å². The van der Waals surface area contributed by atoms with Gasteiger partial charge in [-0.2, -0.15) is 0 Å². The van der Waals surface area contributed by atoms with Crippen molar-refractivity contribution in [3.63, 3.8) is 0 Å². The fourth-order valence-electron chi connectivity index (χ4n) is 2.42. The van der Waals surface area contributed by atoms with Crippen molar-refractivity contribution in [2.24, 2.45) is 0 Å². The number of benzene rings is 1. The van der Waals surface area contributed by atoms with Gasteiger partial charge in [-0.15, -0.1) is 11.3 Å². The highest BCUT2D eigenvalue weighted by Crippen LogP contribution is 2.34. The molecule has 0 aliphatic carbocycles. The number of aryl methyl sites for hydroxylation is 2. The molecule has 0 radical (unpaired) electrons. The van der Waals surface area contributed by atoms with Crippen molar-refractivity contribution in [3.05, 3.63) is 52.7 Å². The number of amides is 1. The molecule has 0 bridgehead atoms. The van der Waals surface area contributed by atoms with Crippen molar-refractivity contribution >= 4 is 45.2 Å². The molecule has 0 saturated heterocycles. The van der Waals surface area contributed by atoms with Gasteiger partial charge in [-0.3, -0.25) is 9.59 Å². The first-order valence-electron chi connectivity index (χ1n) is 8.34. The van der Waals surface area contributed by atoms with Crippen molar-refractivity contribution in [2.45, 2.75) is 25.4 Å². The Hall–Kier alpha value is -2.45. The third-order valence-electron chi connectivity index (χ3n) is 3.95. The predicted molar refractivity (Wildman–Crippen MR) is 107 cm³/mol. The van der Waals surface area contributed by atoms with Crippen molar-refractivity contribution in [2.75, 3.05) is 12.4 Å². The zero-order chi connectivity index (χ0) is 19.2. The first-order valence-corrected chi connectivity index (χ1v) is 10.1. The second-order valence-electron chi connectivity index (χ2n) is 5.85. The topological polar surface area (TPSA) is 81.2 Å². The number of carbonyl (C=O) groups is 2. The maximum atomic E-state index is 12.0. The van der Waals surface area contributed by atoms with Gasteiger partial charge in [0.2, 0.25) is 0 Å². The molecule has 140 valence electrons. The van der Waals surface area contributed by atoms with E-state index in [2.05, 4.69) is 15.3 Å². The summed E-state index contributed by atoms with van der Waals surface area (Å²) in [6.07, 6.45) is 1.50. The van der Waals surface area contributed by atoms with Gasteiger partial charge in [0.05, 0.1) is 5.75 Å². The second-order valence-corrected chi connectivity index (χ2v) is 8.02. The Labute approximate surface area is 165 Å². The molecule has 6 nitrogen and oxygen atoms in total. The van der Waals surface area contributed by atoms with Crippen LogP contribution in [-0.4, -0.2) is 34.2 Å². The fourth-order valence-corrected chi connectivity index (χ4v) is 4.34. The van der Waals surface area contributed by atoms with Crippen molar-refractivity contribution in [1.29, 1.82) is 0 Å². The smallest absolute Gasteiger partial charge is 0.316 e. The number of ether oxygens (including phenoxy) is 1. The van der Waals surface area contributed by atoms with Gasteiger partial charge in [-0.05, 0) is 25.0 Å². The number of thiophene rings is 1. The van der Waals surface area contributed by atoms with Crippen LogP contribution in [0.1, 0.15) is 16.0 Å². The predicted octanol–water partition coefficient (Wildman–Crippen LogP) is 3.26. The zero-order valence-corrected chi connectivity index (χ0v) is 16.7. The standard InChI is InChI=1S/C19H19N3O3S2/c1-12-13(2)27-19-17(12)18(21-11-22-19)26-10-16(24)25-9-15(23)20-8-14-6-4-3-5-7-14/h3-7,11H,8-10H2,1-2H3,(H,20,23). The molecule has 8 heteroatoms. The van der Waals surface area contributed by atoms with Crippen LogP contribution in [0.5, 0.6) is 0 Å². The van der Waals surface area contributed by atoms with Crippen LogP contribution in [0.4, 0.5) is 0 Å². The Morgan fingerprint density at radius 2 is 1.96 bits per heavy atom. The largest absolute Gasteiger partial charge is 0.455 e. The average molecular weight is 402 g/mol. The second kappa shape index (κ2) is 8.96. The van der Waals surface area contributed by atoms with Gasteiger partial charge in [0.15, 0.2) is 6.61 Å². The Balaban J connectivity index is 1.47. The maximum absolute atomic E-state index is 12.0. The summed E-state index contributed by atoms with van der Waals surface area (Å²) < 4.78 is 5.05. The Morgan fingerprint density at radius 3 is 2.74 bits per heavy atom. The van der Waals surface area contributed by atoms with E-state index in [1.54, 1.807) is 11.3 Å². The molecule has 1 amide bonds. The number of hydrogen-bond donors (Lipinski definition) is 1. The van der Waals surface area contributed by atoms with Crippen LogP contribution in [0, 0.1) is 13.8 Å². The summed E-state index contributed by atoms with van der Waals surface area (Å²) in [5, 5.41) is 4.46. The number of esters is 1. The van der Waals surface area contributed by atoms with E-state index in [1.165, 1.54) is 23.0 Å². The van der Waals surface area contributed by atoms with Crippen LogP contribution in [0.3, 0.4) is 0 Å². The summed E-state index contributed by atoms with van der Waals surface area (Å²) in [7, 11) is 0. The molecular weight excluding hydrogens is 382 g/mol. The monoisotopic (exact) mass is 401 g/mol. The third-order valence-corrected chi connectivity index (χ3v) is 6.03. The van der Waals surface area contributed by atoms with E-state index in [4.69, 9.17) is 4.74 Å². The molecule has 0 atom stereocenters. The average Bonchev–Trinajstić information content (AvgIpc) is 2.98. The molecule has 1 N–H and O–H groups in total. The summed E-state index contributed by atoms with van der Waals surface area (Å²) >= 11 is 2.91. The molecule has 0 aliphatic rings. The molecule has 2 aromatic heterocycles. The van der Waals surface area contributed by atoms with Gasteiger partial charge in [0.25, 0.3) is 5.91 Å². The molecular formula is C19H19N3O3S2. The lowest BCUT2D eigenvalue weighted by Crippen LogP contribution is -2.28. The highest BCUT2D eigenvalue weighted by Gasteiger charge is 2.14. The lowest BCUT2D eigenvalue weighted by Gasteiger charge is -2.07. The third kappa shape index (κ3) is 5.05. The summed E-state index contributed by atoms with van der Waals surface area (Å²) in [5.74, 6) is -0.691. The Morgan fingerprint density at radius 1 is 1.19 bits per heavy atom. The van der Waals surface area contributed by atoms with E-state index in [1.807, 2.05) is 44.2 Å². The molecule has 0 unspecified atom stereocenters. The molecule has 2 heterocycles. The van der Waals surface area contributed by atoms with Crippen LogP contribution in [-0.2, 0) is 20.9 Å². The van der Waals surface area contributed by atoms with Crippen LogP contribution in [0.15, 0.2) is 41.7 Å². The number of carbonyl (C=O) groups excluding carboxylic acids is 2. The maximum Gasteiger partial charge on any atom is 0.316 e. The van der Waals surface area contributed by atoms with E-state index in [-0.39, 0.29) is 18.3 Å². The highest BCUT2D eigenvalue weighted by atomic mass is 32.2. The van der Waals surface area contributed by atoms with Crippen molar-refractivity contribution in [3.8, 4) is 0 Å². The van der Waals surface area contributed by atoms with E-state index >= 15 is 0 Å². The fraction of sp³-hybridized carbons (Fsp3) is 0.263. The van der Waals surface area contributed by atoms with Crippen LogP contribution in [0.25, 0.3) is 10.2 Å². The van der Waals surface area contributed by atoms with Crippen LogP contribution >= 0.6 is 23.1 Å². The van der Waals surface area contributed by atoms with E-state index < -0.39 is 5.97 Å².